The van der Waals surface area contributed by atoms with E-state index in [0.29, 0.717) is 6.04 Å². The van der Waals surface area contributed by atoms with Crippen molar-refractivity contribution in [1.82, 2.24) is 15.1 Å². The molecule has 0 saturated heterocycles. The van der Waals surface area contributed by atoms with Gasteiger partial charge in [0.2, 0.25) is 0 Å². The third-order valence-corrected chi connectivity index (χ3v) is 3.75. The zero-order valence-corrected chi connectivity index (χ0v) is 12.3. The van der Waals surface area contributed by atoms with Crippen LogP contribution in [0.3, 0.4) is 0 Å². The van der Waals surface area contributed by atoms with Gasteiger partial charge in [-0.3, -0.25) is 4.68 Å². The fraction of sp³-hybridized carbons (Fsp3) is 0.769. The van der Waals surface area contributed by atoms with Crippen LogP contribution in [0, 0.1) is 6.92 Å². The van der Waals surface area contributed by atoms with Gasteiger partial charge in [-0.2, -0.15) is 16.9 Å². The molecule has 0 bridgehead atoms. The molecule has 17 heavy (non-hydrogen) atoms. The molecule has 98 valence electrons. The molecule has 0 aliphatic rings. The standard InChI is InChI=1S/C13H25N3S/c1-5-17-8-6-7-16-12(4)13(10-15-16)9-14-11(2)3/h10-11,14H,5-9H2,1-4H3. The molecule has 0 aromatic carbocycles. The minimum atomic E-state index is 0.527. The van der Waals surface area contributed by atoms with E-state index in [1.165, 1.54) is 29.2 Å². The molecule has 0 amide bonds. The molecule has 3 nitrogen and oxygen atoms in total. The first-order valence-corrected chi connectivity index (χ1v) is 7.63. The highest BCUT2D eigenvalue weighted by atomic mass is 32.2. The van der Waals surface area contributed by atoms with E-state index in [2.05, 4.69) is 42.8 Å². The van der Waals surface area contributed by atoms with Crippen LogP contribution in [-0.2, 0) is 13.1 Å². The Balaban J connectivity index is 2.40. The highest BCUT2D eigenvalue weighted by molar-refractivity contribution is 7.99. The van der Waals surface area contributed by atoms with E-state index in [1.807, 2.05) is 18.0 Å². The van der Waals surface area contributed by atoms with E-state index < -0.39 is 0 Å². The maximum Gasteiger partial charge on any atom is 0.0537 e. The van der Waals surface area contributed by atoms with E-state index in [-0.39, 0.29) is 0 Å². The second kappa shape index (κ2) is 7.77. The minimum absolute atomic E-state index is 0.527. The van der Waals surface area contributed by atoms with Gasteiger partial charge in [0, 0.05) is 30.4 Å². The molecule has 4 heteroatoms. The first kappa shape index (κ1) is 14.6. The molecule has 1 heterocycles. The number of nitrogens with zero attached hydrogens (tertiary/aromatic N) is 2. The predicted octanol–water partition coefficient (Wildman–Crippen LogP) is 2.83. The normalized spacial score (nSPS) is 11.4. The lowest BCUT2D eigenvalue weighted by molar-refractivity contribution is 0.575. The van der Waals surface area contributed by atoms with Crippen molar-refractivity contribution in [2.75, 3.05) is 11.5 Å². The molecule has 0 saturated carbocycles. The summed E-state index contributed by atoms with van der Waals surface area (Å²) in [7, 11) is 0. The first-order valence-electron chi connectivity index (χ1n) is 6.47. The highest BCUT2D eigenvalue weighted by Gasteiger charge is 2.06. The summed E-state index contributed by atoms with van der Waals surface area (Å²) < 4.78 is 2.13. The fourth-order valence-corrected chi connectivity index (χ4v) is 2.28. The number of aromatic nitrogens is 2. The van der Waals surface area contributed by atoms with Crippen LogP contribution >= 0.6 is 11.8 Å². The molecule has 0 aliphatic heterocycles. The smallest absolute Gasteiger partial charge is 0.0537 e. The van der Waals surface area contributed by atoms with Gasteiger partial charge in [-0.1, -0.05) is 20.8 Å². The summed E-state index contributed by atoms with van der Waals surface area (Å²) in [6.45, 7) is 10.7. The lowest BCUT2D eigenvalue weighted by atomic mass is 10.2. The molecule has 1 rings (SSSR count). The van der Waals surface area contributed by atoms with Crippen LogP contribution in [0.5, 0.6) is 0 Å². The zero-order valence-electron chi connectivity index (χ0n) is 11.5. The average molecular weight is 255 g/mol. The molecule has 0 atom stereocenters. The first-order chi connectivity index (χ1) is 8.15. The Morgan fingerprint density at radius 3 is 2.88 bits per heavy atom. The monoisotopic (exact) mass is 255 g/mol. The van der Waals surface area contributed by atoms with Gasteiger partial charge in [0.25, 0.3) is 0 Å². The molecule has 0 aliphatic carbocycles. The van der Waals surface area contributed by atoms with Crippen LogP contribution in [0.25, 0.3) is 0 Å². The van der Waals surface area contributed by atoms with Gasteiger partial charge in [-0.05, 0) is 24.9 Å². The Labute approximate surface area is 109 Å². The summed E-state index contributed by atoms with van der Waals surface area (Å²) in [5, 5.41) is 7.89. The van der Waals surface area contributed by atoms with Crippen LogP contribution in [0.15, 0.2) is 6.20 Å². The Hall–Kier alpha value is -0.480. The quantitative estimate of drug-likeness (QED) is 0.724. The molecule has 1 aromatic rings. The van der Waals surface area contributed by atoms with Crippen LogP contribution < -0.4 is 5.32 Å². The van der Waals surface area contributed by atoms with E-state index in [1.54, 1.807) is 0 Å². The lowest BCUT2D eigenvalue weighted by Crippen LogP contribution is -2.22. The molecular weight excluding hydrogens is 230 g/mol. The third kappa shape index (κ3) is 5.13. The summed E-state index contributed by atoms with van der Waals surface area (Å²) >= 11 is 2.00. The van der Waals surface area contributed by atoms with Gasteiger partial charge in [0.1, 0.15) is 0 Å². The summed E-state index contributed by atoms with van der Waals surface area (Å²) in [4.78, 5) is 0. The summed E-state index contributed by atoms with van der Waals surface area (Å²) in [6, 6.07) is 0.527. The van der Waals surface area contributed by atoms with Crippen molar-refractivity contribution in [3.63, 3.8) is 0 Å². The Morgan fingerprint density at radius 2 is 2.24 bits per heavy atom. The molecule has 1 aromatic heterocycles. The maximum atomic E-state index is 4.46. The molecule has 0 spiro atoms. The second-order valence-corrected chi connectivity index (χ2v) is 5.96. The topological polar surface area (TPSA) is 29.9 Å². The van der Waals surface area contributed by atoms with Crippen LogP contribution in [0.1, 0.15) is 38.4 Å². The van der Waals surface area contributed by atoms with Gasteiger partial charge >= 0.3 is 0 Å². The maximum absolute atomic E-state index is 4.46. The highest BCUT2D eigenvalue weighted by Crippen LogP contribution is 2.09. The SMILES string of the molecule is CCSCCCn1ncc(CNC(C)C)c1C. The average Bonchev–Trinajstić information content (AvgIpc) is 2.63. The van der Waals surface area contributed by atoms with Gasteiger partial charge in [-0.15, -0.1) is 0 Å². The predicted molar refractivity (Wildman–Crippen MR) is 76.6 cm³/mol. The van der Waals surface area contributed by atoms with E-state index in [9.17, 15) is 0 Å². The van der Waals surface area contributed by atoms with E-state index in [4.69, 9.17) is 0 Å². The van der Waals surface area contributed by atoms with Crippen molar-refractivity contribution in [2.45, 2.75) is 53.2 Å². The van der Waals surface area contributed by atoms with Gasteiger partial charge in [0.15, 0.2) is 0 Å². The van der Waals surface area contributed by atoms with Gasteiger partial charge in [-0.25, -0.2) is 0 Å². The summed E-state index contributed by atoms with van der Waals surface area (Å²) in [5.41, 5.74) is 2.63. The fourth-order valence-electron chi connectivity index (χ4n) is 1.66. The number of rotatable bonds is 8. The zero-order chi connectivity index (χ0) is 12.7. The van der Waals surface area contributed by atoms with Crippen molar-refractivity contribution in [1.29, 1.82) is 0 Å². The van der Waals surface area contributed by atoms with Crippen LogP contribution in [-0.4, -0.2) is 27.3 Å². The van der Waals surface area contributed by atoms with Crippen molar-refractivity contribution < 1.29 is 0 Å². The Morgan fingerprint density at radius 1 is 1.47 bits per heavy atom. The largest absolute Gasteiger partial charge is 0.310 e. The third-order valence-electron chi connectivity index (χ3n) is 2.77. The molecular formula is C13H25N3S. The van der Waals surface area contributed by atoms with Crippen molar-refractivity contribution >= 4 is 11.8 Å². The molecule has 0 fully saturated rings. The van der Waals surface area contributed by atoms with E-state index >= 15 is 0 Å². The van der Waals surface area contributed by atoms with Crippen LogP contribution in [0.4, 0.5) is 0 Å². The molecule has 0 unspecified atom stereocenters. The number of nitrogens with one attached hydrogen (secondary N) is 1. The summed E-state index contributed by atoms with van der Waals surface area (Å²) in [5.74, 6) is 2.44. The number of hydrogen-bond acceptors (Lipinski definition) is 3. The molecule has 1 N–H and O–H groups in total. The lowest BCUT2D eigenvalue weighted by Gasteiger charge is -2.08. The molecule has 0 radical (unpaired) electrons. The minimum Gasteiger partial charge on any atom is -0.310 e. The number of hydrogen-bond donors (Lipinski definition) is 1. The summed E-state index contributed by atoms with van der Waals surface area (Å²) in [6.07, 6.45) is 3.20. The number of aryl methyl sites for hydroxylation is 1. The van der Waals surface area contributed by atoms with E-state index in [0.717, 1.165) is 13.1 Å². The van der Waals surface area contributed by atoms with Gasteiger partial charge in [0.05, 0.1) is 6.20 Å². The Bertz CT molecular complexity index is 320. The van der Waals surface area contributed by atoms with Crippen molar-refractivity contribution in [3.8, 4) is 0 Å². The van der Waals surface area contributed by atoms with Crippen molar-refractivity contribution in [2.24, 2.45) is 0 Å². The Kier molecular flexibility index (Phi) is 6.66. The van der Waals surface area contributed by atoms with Gasteiger partial charge < -0.3 is 5.32 Å². The number of thioether (sulfide) groups is 1. The van der Waals surface area contributed by atoms with Crippen molar-refractivity contribution in [3.05, 3.63) is 17.5 Å². The second-order valence-electron chi connectivity index (χ2n) is 4.56. The van der Waals surface area contributed by atoms with Crippen LogP contribution in [0.2, 0.25) is 0 Å².